The first-order valence-corrected chi connectivity index (χ1v) is 13.1. The van der Waals surface area contributed by atoms with Crippen molar-refractivity contribution in [3.05, 3.63) is 120 Å². The minimum Gasteiger partial charge on any atom is -0.484 e. The van der Waals surface area contributed by atoms with E-state index in [4.69, 9.17) is 14.2 Å². The van der Waals surface area contributed by atoms with Gasteiger partial charge in [0.05, 0.1) is 28.9 Å². The highest BCUT2D eigenvalue weighted by atomic mass is 16.5. The van der Waals surface area contributed by atoms with Gasteiger partial charge in [-0.2, -0.15) is 0 Å². The summed E-state index contributed by atoms with van der Waals surface area (Å²) >= 11 is 0. The Labute approximate surface area is 237 Å². The van der Waals surface area contributed by atoms with E-state index < -0.39 is 17.8 Å². The lowest BCUT2D eigenvalue weighted by molar-refractivity contribution is -0.118. The van der Waals surface area contributed by atoms with E-state index in [0.717, 1.165) is 11.2 Å². The minimum atomic E-state index is -0.666. The van der Waals surface area contributed by atoms with Crippen LogP contribution in [0.1, 0.15) is 33.3 Å². The van der Waals surface area contributed by atoms with Gasteiger partial charge in [-0.1, -0.05) is 48.5 Å². The van der Waals surface area contributed by atoms with Crippen molar-refractivity contribution in [3.8, 4) is 17.2 Å². The van der Waals surface area contributed by atoms with Gasteiger partial charge in [-0.3, -0.25) is 4.79 Å². The zero-order chi connectivity index (χ0) is 28.8. The normalized spacial score (nSPS) is 10.7. The summed E-state index contributed by atoms with van der Waals surface area (Å²) in [6.07, 6.45) is 0. The maximum Gasteiger partial charge on any atom is 0.345 e. The molecular formula is C33H28N2O6. The Balaban J connectivity index is 1.41. The number of hydrogen-bond acceptors (Lipinski definition) is 6. The molecule has 0 unspecified atom stereocenters. The van der Waals surface area contributed by atoms with Crippen LogP contribution < -0.4 is 14.8 Å². The van der Waals surface area contributed by atoms with Crippen LogP contribution >= 0.6 is 0 Å². The fourth-order valence-electron chi connectivity index (χ4n) is 4.62. The third-order valence-corrected chi connectivity index (χ3v) is 6.41. The summed E-state index contributed by atoms with van der Waals surface area (Å²) in [7, 11) is 0. The monoisotopic (exact) mass is 548 g/mol. The molecule has 1 heterocycles. The number of carbonyl (C=O) groups excluding carboxylic acids is 3. The molecule has 5 rings (SSSR count). The molecule has 0 saturated heterocycles. The summed E-state index contributed by atoms with van der Waals surface area (Å²) in [6, 6.07) is 30.3. The van der Waals surface area contributed by atoms with E-state index in [0.29, 0.717) is 28.1 Å². The van der Waals surface area contributed by atoms with Crippen LogP contribution in [0.3, 0.4) is 0 Å². The van der Waals surface area contributed by atoms with Gasteiger partial charge in [0.15, 0.2) is 6.61 Å². The number of hydrogen-bond donors (Lipinski definition) is 1. The first kappa shape index (κ1) is 27.2. The molecular weight excluding hydrogens is 520 g/mol. The molecule has 8 nitrogen and oxygen atoms in total. The second-order valence-electron chi connectivity index (χ2n) is 9.12. The highest BCUT2D eigenvalue weighted by Crippen LogP contribution is 2.33. The van der Waals surface area contributed by atoms with Crippen molar-refractivity contribution in [1.82, 2.24) is 4.57 Å². The van der Waals surface area contributed by atoms with Crippen molar-refractivity contribution in [2.45, 2.75) is 13.8 Å². The summed E-state index contributed by atoms with van der Waals surface area (Å²) in [5.41, 5.74) is 3.22. The fraction of sp³-hybridized carbons (Fsp3) is 0.121. The Morgan fingerprint density at radius 3 is 2.20 bits per heavy atom. The molecule has 1 N–H and O–H groups in total. The zero-order valence-electron chi connectivity index (χ0n) is 22.6. The predicted octanol–water partition coefficient (Wildman–Crippen LogP) is 6.35. The number of esters is 2. The molecule has 0 aliphatic heterocycles. The van der Waals surface area contributed by atoms with Crippen molar-refractivity contribution < 1.29 is 28.6 Å². The second-order valence-corrected chi connectivity index (χ2v) is 9.12. The van der Waals surface area contributed by atoms with Gasteiger partial charge in [-0.15, -0.1) is 0 Å². The van der Waals surface area contributed by atoms with Gasteiger partial charge in [0.2, 0.25) is 0 Å². The highest BCUT2D eigenvalue weighted by Gasteiger charge is 2.23. The third-order valence-electron chi connectivity index (χ3n) is 6.41. The first-order valence-electron chi connectivity index (χ1n) is 13.1. The number of carbonyl (C=O) groups is 3. The molecule has 0 bridgehead atoms. The largest absolute Gasteiger partial charge is 0.484 e. The van der Waals surface area contributed by atoms with Gasteiger partial charge < -0.3 is 24.1 Å². The molecule has 8 heteroatoms. The van der Waals surface area contributed by atoms with Crippen molar-refractivity contribution in [2.24, 2.45) is 0 Å². The Morgan fingerprint density at radius 1 is 0.780 bits per heavy atom. The number of rotatable bonds is 9. The lowest BCUT2D eigenvalue weighted by atomic mass is 10.1. The molecule has 0 saturated carbocycles. The van der Waals surface area contributed by atoms with E-state index in [2.05, 4.69) is 5.32 Å². The topological polar surface area (TPSA) is 95.9 Å². The molecule has 4 aromatic carbocycles. The van der Waals surface area contributed by atoms with Crippen LogP contribution in [0.2, 0.25) is 0 Å². The molecule has 0 aliphatic rings. The van der Waals surface area contributed by atoms with Crippen LogP contribution in [0.15, 0.2) is 103 Å². The number of nitrogens with one attached hydrogen (secondary N) is 1. The average Bonchev–Trinajstić information content (AvgIpc) is 3.28. The minimum absolute atomic E-state index is 0.171. The maximum atomic E-state index is 13.2. The Hall–Kier alpha value is -5.37. The molecule has 0 atom stereocenters. The second kappa shape index (κ2) is 12.2. The van der Waals surface area contributed by atoms with E-state index in [1.165, 1.54) is 0 Å². The average molecular weight is 549 g/mol. The van der Waals surface area contributed by atoms with E-state index in [9.17, 15) is 14.4 Å². The van der Waals surface area contributed by atoms with Crippen molar-refractivity contribution >= 4 is 34.4 Å². The first-order chi connectivity index (χ1) is 20.0. The van der Waals surface area contributed by atoms with Gasteiger partial charge >= 0.3 is 11.9 Å². The summed E-state index contributed by atoms with van der Waals surface area (Å²) in [5.74, 6) is -0.747. The number of aromatic nitrogens is 1. The number of ether oxygens (including phenoxy) is 3. The van der Waals surface area contributed by atoms with Crippen LogP contribution in [-0.4, -0.2) is 35.6 Å². The maximum absolute atomic E-state index is 13.2. The van der Waals surface area contributed by atoms with Gasteiger partial charge in [0, 0.05) is 16.8 Å². The van der Waals surface area contributed by atoms with Crippen molar-refractivity contribution in [1.29, 1.82) is 0 Å². The number of fused-ring (bicyclic) bond motifs is 1. The summed E-state index contributed by atoms with van der Waals surface area (Å²) < 4.78 is 18.5. The van der Waals surface area contributed by atoms with Crippen LogP contribution in [0.4, 0.5) is 5.69 Å². The van der Waals surface area contributed by atoms with E-state index in [1.54, 1.807) is 61.5 Å². The summed E-state index contributed by atoms with van der Waals surface area (Å²) in [6.45, 7) is 3.61. The zero-order valence-corrected chi connectivity index (χ0v) is 22.6. The van der Waals surface area contributed by atoms with E-state index >= 15 is 0 Å². The van der Waals surface area contributed by atoms with Crippen molar-refractivity contribution in [3.63, 3.8) is 0 Å². The number of nitrogens with zero attached hydrogens (tertiary/aromatic N) is 1. The quantitative estimate of drug-likeness (QED) is 0.170. The number of amides is 1. The molecule has 5 aromatic rings. The number of benzene rings is 4. The summed E-state index contributed by atoms with van der Waals surface area (Å²) in [4.78, 5) is 38.8. The molecule has 0 aliphatic carbocycles. The van der Waals surface area contributed by atoms with Gasteiger partial charge in [0.25, 0.3) is 5.91 Å². The lowest BCUT2D eigenvalue weighted by Gasteiger charge is -2.12. The molecule has 1 amide bonds. The van der Waals surface area contributed by atoms with Gasteiger partial charge in [-0.05, 0) is 68.4 Å². The number of para-hydroxylation sites is 3. The number of anilines is 1. The molecule has 1 aromatic heterocycles. The Morgan fingerprint density at radius 2 is 1.46 bits per heavy atom. The summed E-state index contributed by atoms with van der Waals surface area (Å²) in [5, 5.41) is 3.31. The fourth-order valence-corrected chi connectivity index (χ4v) is 4.62. The highest BCUT2D eigenvalue weighted by molar-refractivity contribution is 6.07. The predicted molar refractivity (Wildman–Crippen MR) is 156 cm³/mol. The molecule has 41 heavy (non-hydrogen) atoms. The lowest BCUT2D eigenvalue weighted by Crippen LogP contribution is -2.22. The Bertz CT molecular complexity index is 1710. The van der Waals surface area contributed by atoms with Crippen molar-refractivity contribution in [2.75, 3.05) is 18.5 Å². The molecule has 0 spiro atoms. The van der Waals surface area contributed by atoms with Gasteiger partial charge in [-0.25, -0.2) is 9.59 Å². The molecule has 206 valence electrons. The standard InChI is InChI=1S/C33H28N2O6/c1-3-39-33(38)31-22(2)35(23-12-6-4-7-13-23)29-19-18-25(20-27(29)31)41-32(37)26-16-10-11-17-28(26)34-30(36)21-40-24-14-8-5-9-15-24/h4-20H,3,21H2,1-2H3,(H,34,36). The van der Waals surface area contributed by atoms with Crippen LogP contribution in [0, 0.1) is 6.92 Å². The van der Waals surface area contributed by atoms with Crippen LogP contribution in [-0.2, 0) is 9.53 Å². The van der Waals surface area contributed by atoms with Gasteiger partial charge in [0.1, 0.15) is 11.5 Å². The van der Waals surface area contributed by atoms with E-state index in [-0.39, 0.29) is 24.5 Å². The molecule has 0 fully saturated rings. The smallest absolute Gasteiger partial charge is 0.345 e. The Kier molecular flexibility index (Phi) is 8.10. The van der Waals surface area contributed by atoms with Crippen LogP contribution in [0.5, 0.6) is 11.5 Å². The third kappa shape index (κ3) is 5.96. The van der Waals surface area contributed by atoms with Crippen LogP contribution in [0.25, 0.3) is 16.6 Å². The molecule has 0 radical (unpaired) electrons. The van der Waals surface area contributed by atoms with E-state index in [1.807, 2.05) is 60.0 Å². The SMILES string of the molecule is CCOC(=O)c1c(C)n(-c2ccccc2)c2ccc(OC(=O)c3ccccc3NC(=O)COc3ccccc3)cc12.